The number of nitrogens with one attached hydrogen (secondary N) is 2. The molecule has 700 valence electrons. The summed E-state index contributed by atoms with van der Waals surface area (Å²) in [5, 5.41) is 6.86. The van der Waals surface area contributed by atoms with Crippen LogP contribution in [-0.2, 0) is 4.74 Å². The van der Waals surface area contributed by atoms with Gasteiger partial charge in [-0.3, -0.25) is 4.90 Å². The van der Waals surface area contributed by atoms with Crippen LogP contribution in [0.1, 0.15) is 411 Å². The number of nitrogens with zero attached hydrogens (tertiary/aromatic N) is 9. The number of rotatable bonds is 18. The molecule has 0 radical (unpaired) electrons. The molecule has 0 atom stereocenters. The second-order valence-corrected chi connectivity index (χ2v) is 34.5. The summed E-state index contributed by atoms with van der Waals surface area (Å²) in [6.45, 7) is 127. The molecule has 0 saturated carbocycles. The van der Waals surface area contributed by atoms with E-state index in [9.17, 15) is 0 Å². The molecule has 12 nitrogen and oxygen atoms in total. The largest absolute Gasteiger partial charge is 0.375 e. The van der Waals surface area contributed by atoms with Crippen LogP contribution in [-0.4, -0.2) is 263 Å². The highest BCUT2D eigenvalue weighted by Gasteiger charge is 2.27. The second-order valence-electron chi connectivity index (χ2n) is 34.5. The van der Waals surface area contributed by atoms with Crippen molar-refractivity contribution in [1.29, 1.82) is 0 Å². The maximum Gasteiger partial charge on any atom is 0.0600 e. The predicted molar refractivity (Wildman–Crippen MR) is 536 cm³/mol. The Morgan fingerprint density at radius 2 is 0.518 bits per heavy atom. The Balaban J connectivity index is -0.0000000446. The first kappa shape index (κ1) is 161. The molecule has 2 heterocycles. The molecule has 0 aliphatic carbocycles. The zero-order valence-corrected chi connectivity index (χ0v) is 92.3. The van der Waals surface area contributed by atoms with Gasteiger partial charge in [0.25, 0.3) is 0 Å². The molecular weight excluding hydrogens is 1350 g/mol. The van der Waals surface area contributed by atoms with Gasteiger partial charge in [0.15, 0.2) is 0 Å². The van der Waals surface area contributed by atoms with E-state index in [0.29, 0.717) is 27.2 Å². The van der Waals surface area contributed by atoms with Gasteiger partial charge in [0.05, 0.1) is 12.2 Å². The van der Waals surface area contributed by atoms with Gasteiger partial charge in [-0.2, -0.15) is 0 Å². The molecule has 0 amide bonds. The summed E-state index contributed by atoms with van der Waals surface area (Å²) < 4.78 is 5.50. The smallest absolute Gasteiger partial charge is 0.0600 e. The number of hydrogen-bond acceptors (Lipinski definition) is 12. The van der Waals surface area contributed by atoms with E-state index < -0.39 is 0 Å². The molecule has 2 aliphatic rings. The molecule has 2 aliphatic heterocycles. The number of hydrogen-bond donors (Lipinski definition) is 2. The van der Waals surface area contributed by atoms with Crippen LogP contribution < -0.4 is 10.6 Å². The third-order valence-corrected chi connectivity index (χ3v) is 13.5. The van der Waals surface area contributed by atoms with E-state index in [1.165, 1.54) is 117 Å². The van der Waals surface area contributed by atoms with Crippen molar-refractivity contribution in [2.75, 3.05) is 197 Å². The minimum Gasteiger partial charge on any atom is -0.375 e. The van der Waals surface area contributed by atoms with Crippen molar-refractivity contribution >= 4 is 0 Å². The number of likely N-dealkylation sites (tertiary alicyclic amines) is 1. The van der Waals surface area contributed by atoms with Crippen molar-refractivity contribution in [3.8, 4) is 0 Å². The van der Waals surface area contributed by atoms with Gasteiger partial charge in [0, 0.05) is 62.4 Å². The minimum absolute atomic E-state index is 0.00993. The van der Waals surface area contributed by atoms with Crippen LogP contribution in [0.15, 0.2) is 0 Å². The summed E-state index contributed by atoms with van der Waals surface area (Å²) in [5.74, 6) is 0.943. The Morgan fingerprint density at radius 1 is 0.282 bits per heavy atom. The van der Waals surface area contributed by atoms with Gasteiger partial charge in [-0.15, -0.1) is 0 Å². The maximum absolute atomic E-state index is 5.50. The summed E-state index contributed by atoms with van der Waals surface area (Å²) in [4.78, 5) is 20.6. The molecular formula is C98H247N11O. The van der Waals surface area contributed by atoms with Crippen LogP contribution >= 0.6 is 0 Å². The van der Waals surface area contributed by atoms with Gasteiger partial charge in [-0.25, -0.2) is 0 Å². The molecule has 2 saturated heterocycles. The number of piperidine rings is 1. The van der Waals surface area contributed by atoms with Gasteiger partial charge >= 0.3 is 0 Å². The van der Waals surface area contributed by atoms with Crippen molar-refractivity contribution < 1.29 is 4.74 Å². The molecule has 0 aromatic rings. The maximum atomic E-state index is 5.50. The average Bonchev–Trinajstić information content (AvgIpc) is 0.874. The van der Waals surface area contributed by atoms with Crippen molar-refractivity contribution in [2.24, 2.45) is 27.6 Å². The highest BCUT2D eigenvalue weighted by Crippen LogP contribution is 2.33. The summed E-state index contributed by atoms with van der Waals surface area (Å²) in [7, 11) is 29.6. The van der Waals surface area contributed by atoms with Crippen molar-refractivity contribution in [3.63, 3.8) is 0 Å². The fourth-order valence-corrected chi connectivity index (χ4v) is 7.81. The fraction of sp³-hybridized carbons (Fsp3) is 1.00. The molecule has 0 spiro atoms. The zero-order chi connectivity index (χ0) is 94.2. The summed E-state index contributed by atoms with van der Waals surface area (Å²) in [5.41, 5.74) is 2.94. The van der Waals surface area contributed by atoms with Crippen molar-refractivity contribution in [1.82, 2.24) is 54.7 Å². The summed E-state index contributed by atoms with van der Waals surface area (Å²) in [6, 6.07) is 0. The lowest BCUT2D eigenvalue weighted by Crippen LogP contribution is -2.52. The number of likely N-dealkylation sites (N-methyl/N-ethyl adjacent to an activating group) is 3. The molecule has 2 rings (SSSR count). The number of ether oxygens (including phenoxy) is 1. The third-order valence-electron chi connectivity index (χ3n) is 13.5. The van der Waals surface area contributed by atoms with Crippen molar-refractivity contribution in [3.05, 3.63) is 0 Å². The van der Waals surface area contributed by atoms with Gasteiger partial charge in [-0.1, -0.05) is 277 Å². The van der Waals surface area contributed by atoms with E-state index in [2.05, 4.69) is 305 Å². The van der Waals surface area contributed by atoms with Crippen LogP contribution in [0, 0.1) is 27.6 Å². The zero-order valence-electron chi connectivity index (χ0n) is 92.3. The molecule has 2 N–H and O–H groups in total. The Hall–Kier alpha value is -0.480. The SMILES string of the molecule is CC.CC.CC.CC.CC.CC.CC.CC.CC.CC.CC.CC.CC.CC.CN(C)CCC(C)(C)C.CN(C)CCCC(C)(C)C.CN(C)CCCC(C)(C)C.CN(C)CCCNC(C)(C)C.CN(C)CCNC(C)(C)C.CN(C)CCOC(C)(C)C.CN1CCC(C(C)(C)C)CC1.CN1CCN(C(C)(C)C)CC1. The van der Waals surface area contributed by atoms with Crippen molar-refractivity contribution in [2.45, 2.75) is 434 Å². The van der Waals surface area contributed by atoms with E-state index in [4.69, 9.17) is 4.74 Å². The fourth-order valence-electron chi connectivity index (χ4n) is 7.81. The van der Waals surface area contributed by atoms with Gasteiger partial charge in [0.2, 0.25) is 0 Å². The average molecular weight is 1600 g/mol. The van der Waals surface area contributed by atoms with Gasteiger partial charge < -0.3 is 54.6 Å². The predicted octanol–water partition coefficient (Wildman–Crippen LogP) is 28.1. The van der Waals surface area contributed by atoms with Crippen LogP contribution in [0.25, 0.3) is 0 Å². The van der Waals surface area contributed by atoms with E-state index in [1.807, 2.05) is 208 Å². The van der Waals surface area contributed by atoms with Gasteiger partial charge in [0.1, 0.15) is 0 Å². The molecule has 2 fully saturated rings. The monoisotopic (exact) mass is 1590 g/mol. The molecule has 0 aromatic heterocycles. The molecule has 0 unspecified atom stereocenters. The lowest BCUT2D eigenvalue weighted by Gasteiger charge is -2.41. The molecule has 12 heteroatoms. The molecule has 110 heavy (non-hydrogen) atoms. The normalized spacial score (nSPS) is 12.4. The van der Waals surface area contributed by atoms with Crippen LogP contribution in [0.2, 0.25) is 0 Å². The first-order valence-corrected chi connectivity index (χ1v) is 46.6. The minimum atomic E-state index is 0.00993. The third kappa shape index (κ3) is 226. The molecule has 0 bridgehead atoms. The second kappa shape index (κ2) is 117. The lowest BCUT2D eigenvalue weighted by atomic mass is 9.75. The van der Waals surface area contributed by atoms with E-state index >= 15 is 0 Å². The van der Waals surface area contributed by atoms with Crippen LogP contribution in [0.5, 0.6) is 0 Å². The Labute approximate surface area is 713 Å². The standard InChI is InChI=1S/C10H21N.C9H20N2.C9H22N2.2C9H21N.C8H20N2.C8H19NO.C8H19N.14C2H6/c1-10(2,3)9-5-7-11(4)8-6-9;1-9(2,3)11-7-5-10(4)6-8-11;1-9(2,3)10-7-6-8-11(4)5;2*1-9(2,3)7-6-8-10(4)5;1-8(2,3)9-6-7-10(4)5;1-8(2,3)10-7-6-9(4)5;1-8(2,3)6-7-9(4)5;14*1-2/h9H,5-8H2,1-4H3;5-8H2,1-4H3;10H,6-8H2,1-5H3;2*6-8H2,1-5H3;9H,6-7H2,1-5H3;6-7H2,1-5H3;6-7H2,1-5H3;14*1-2H3. The Kier molecular flexibility index (Phi) is 171. The topological polar surface area (TPSA) is 62.5 Å². The van der Waals surface area contributed by atoms with E-state index in [-0.39, 0.29) is 16.7 Å². The number of piperazine rings is 1. The lowest BCUT2D eigenvalue weighted by molar-refractivity contribution is -0.00872. The summed E-state index contributed by atoms with van der Waals surface area (Å²) in [6.07, 6.45) is 10.6. The highest BCUT2D eigenvalue weighted by molar-refractivity contribution is 4.81. The van der Waals surface area contributed by atoms with E-state index in [0.717, 1.165) is 38.7 Å². The van der Waals surface area contributed by atoms with E-state index in [1.54, 1.807) is 0 Å². The van der Waals surface area contributed by atoms with Gasteiger partial charge in [-0.05, 0) is 307 Å². The Morgan fingerprint density at radius 3 is 0.718 bits per heavy atom. The first-order valence-electron chi connectivity index (χ1n) is 46.6. The quantitative estimate of drug-likeness (QED) is 0.129. The first-order chi connectivity index (χ1) is 50.5. The summed E-state index contributed by atoms with van der Waals surface area (Å²) >= 11 is 0. The van der Waals surface area contributed by atoms with Crippen LogP contribution in [0.4, 0.5) is 0 Å². The molecule has 0 aromatic carbocycles. The highest BCUT2D eigenvalue weighted by atomic mass is 16.5. The van der Waals surface area contributed by atoms with Crippen LogP contribution in [0.3, 0.4) is 0 Å². The Bertz CT molecular complexity index is 1220.